The first kappa shape index (κ1) is 21.2. The molecule has 0 aromatic carbocycles. The summed E-state index contributed by atoms with van der Waals surface area (Å²) in [6.45, 7) is 11.6. The topological polar surface area (TPSA) is 54.2 Å². The number of rotatable bonds is 6. The molecule has 1 aromatic rings. The minimum absolute atomic E-state index is 0. The molecule has 0 aliphatic heterocycles. The maximum absolute atomic E-state index is 4.44. The number of nitrogens with zero attached hydrogens (tertiary/aromatic N) is 3. The molecule has 0 fully saturated rings. The van der Waals surface area contributed by atoms with Crippen LogP contribution in [0.1, 0.15) is 50.6 Å². The zero-order valence-electron chi connectivity index (χ0n) is 15.0. The zero-order chi connectivity index (χ0) is 16.0. The first-order chi connectivity index (χ1) is 9.85. The SMILES string of the molecule is CN=C(NCc1c(C)nn(C)c1C)NC(C)CCC(C)C.I. The predicted molar refractivity (Wildman–Crippen MR) is 105 cm³/mol. The Balaban J connectivity index is 0.00000441. The van der Waals surface area contributed by atoms with Crippen LogP contribution in [0.5, 0.6) is 0 Å². The van der Waals surface area contributed by atoms with Gasteiger partial charge in [-0.1, -0.05) is 13.8 Å². The van der Waals surface area contributed by atoms with Gasteiger partial charge in [0, 0.05) is 37.9 Å². The number of aromatic nitrogens is 2. The molecule has 0 bridgehead atoms. The number of guanidine groups is 1. The molecule has 5 nitrogen and oxygen atoms in total. The summed E-state index contributed by atoms with van der Waals surface area (Å²) in [5.74, 6) is 1.60. The molecule has 0 saturated heterocycles. The van der Waals surface area contributed by atoms with E-state index in [9.17, 15) is 0 Å². The van der Waals surface area contributed by atoms with Crippen molar-refractivity contribution >= 4 is 29.9 Å². The quantitative estimate of drug-likeness (QED) is 0.422. The van der Waals surface area contributed by atoms with Crippen molar-refractivity contribution in [3.63, 3.8) is 0 Å². The second kappa shape index (κ2) is 10.1. The minimum Gasteiger partial charge on any atom is -0.354 e. The van der Waals surface area contributed by atoms with Crippen molar-refractivity contribution in [2.75, 3.05) is 7.05 Å². The molecule has 1 rings (SSSR count). The van der Waals surface area contributed by atoms with Crippen LogP contribution in [0, 0.1) is 19.8 Å². The second-order valence-corrected chi connectivity index (χ2v) is 6.22. The van der Waals surface area contributed by atoms with Gasteiger partial charge in [-0.3, -0.25) is 9.67 Å². The van der Waals surface area contributed by atoms with E-state index in [1.54, 1.807) is 0 Å². The number of aryl methyl sites for hydroxylation is 2. The molecular weight excluding hydrogens is 389 g/mol. The number of halogens is 1. The van der Waals surface area contributed by atoms with Crippen molar-refractivity contribution in [1.29, 1.82) is 0 Å². The highest BCUT2D eigenvalue weighted by Gasteiger charge is 2.11. The van der Waals surface area contributed by atoms with Gasteiger partial charge in [-0.05, 0) is 39.5 Å². The van der Waals surface area contributed by atoms with Gasteiger partial charge in [-0.25, -0.2) is 0 Å². The first-order valence-corrected chi connectivity index (χ1v) is 7.81. The summed E-state index contributed by atoms with van der Waals surface area (Å²) in [6.07, 6.45) is 2.38. The lowest BCUT2D eigenvalue weighted by Crippen LogP contribution is -2.42. The van der Waals surface area contributed by atoms with Crippen molar-refractivity contribution in [3.05, 3.63) is 17.0 Å². The molecule has 2 N–H and O–H groups in total. The van der Waals surface area contributed by atoms with Crippen LogP contribution in [0.15, 0.2) is 4.99 Å². The van der Waals surface area contributed by atoms with Gasteiger partial charge >= 0.3 is 0 Å². The van der Waals surface area contributed by atoms with Crippen molar-refractivity contribution < 1.29 is 0 Å². The summed E-state index contributed by atoms with van der Waals surface area (Å²) >= 11 is 0. The highest BCUT2D eigenvalue weighted by atomic mass is 127. The van der Waals surface area contributed by atoms with Crippen molar-refractivity contribution in [1.82, 2.24) is 20.4 Å². The van der Waals surface area contributed by atoms with E-state index in [4.69, 9.17) is 0 Å². The normalized spacial score (nSPS) is 13.0. The minimum atomic E-state index is 0. The van der Waals surface area contributed by atoms with E-state index < -0.39 is 0 Å². The average molecular weight is 421 g/mol. The summed E-state index contributed by atoms with van der Waals surface area (Å²) in [4.78, 5) is 4.30. The number of hydrogen-bond donors (Lipinski definition) is 2. The third-order valence-electron chi connectivity index (χ3n) is 3.88. The number of aliphatic imine (C=N–C) groups is 1. The Kier molecular flexibility index (Phi) is 9.71. The van der Waals surface area contributed by atoms with Crippen molar-refractivity contribution in [3.8, 4) is 0 Å². The fourth-order valence-electron chi connectivity index (χ4n) is 2.33. The fourth-order valence-corrected chi connectivity index (χ4v) is 2.33. The Bertz CT molecular complexity index is 479. The van der Waals surface area contributed by atoms with E-state index in [2.05, 4.69) is 48.4 Å². The molecule has 0 radical (unpaired) electrons. The largest absolute Gasteiger partial charge is 0.354 e. The second-order valence-electron chi connectivity index (χ2n) is 6.22. The van der Waals surface area contributed by atoms with Crippen LogP contribution in [-0.2, 0) is 13.6 Å². The molecule has 0 aliphatic carbocycles. The van der Waals surface area contributed by atoms with E-state index >= 15 is 0 Å². The smallest absolute Gasteiger partial charge is 0.191 e. The van der Waals surface area contributed by atoms with Crippen LogP contribution in [0.2, 0.25) is 0 Å². The van der Waals surface area contributed by atoms with Gasteiger partial charge in [-0.2, -0.15) is 5.10 Å². The van der Waals surface area contributed by atoms with Crippen LogP contribution in [0.4, 0.5) is 0 Å². The Morgan fingerprint density at radius 3 is 2.32 bits per heavy atom. The fraction of sp³-hybridized carbons (Fsp3) is 0.750. The average Bonchev–Trinajstić information content (AvgIpc) is 2.66. The highest BCUT2D eigenvalue weighted by molar-refractivity contribution is 14.0. The summed E-state index contributed by atoms with van der Waals surface area (Å²) in [7, 11) is 3.79. The molecule has 128 valence electrons. The maximum atomic E-state index is 4.44. The van der Waals surface area contributed by atoms with Gasteiger partial charge in [0.05, 0.1) is 5.69 Å². The highest BCUT2D eigenvalue weighted by Crippen LogP contribution is 2.11. The summed E-state index contributed by atoms with van der Waals surface area (Å²) in [5, 5.41) is 11.3. The van der Waals surface area contributed by atoms with Crippen LogP contribution in [-0.4, -0.2) is 28.8 Å². The van der Waals surface area contributed by atoms with Crippen molar-refractivity contribution in [2.45, 2.75) is 60.0 Å². The van der Waals surface area contributed by atoms with E-state index in [0.717, 1.165) is 30.5 Å². The molecule has 6 heteroatoms. The van der Waals surface area contributed by atoms with E-state index in [1.165, 1.54) is 17.7 Å². The van der Waals surface area contributed by atoms with Crippen LogP contribution >= 0.6 is 24.0 Å². The molecular formula is C16H32IN5. The third-order valence-corrected chi connectivity index (χ3v) is 3.88. The lowest BCUT2D eigenvalue weighted by molar-refractivity contribution is 0.489. The Labute approximate surface area is 152 Å². The van der Waals surface area contributed by atoms with E-state index in [0.29, 0.717) is 6.04 Å². The van der Waals surface area contributed by atoms with Crippen molar-refractivity contribution in [2.24, 2.45) is 18.0 Å². The van der Waals surface area contributed by atoms with E-state index in [1.807, 2.05) is 25.7 Å². The predicted octanol–water partition coefficient (Wildman–Crippen LogP) is 3.14. The van der Waals surface area contributed by atoms with Crippen LogP contribution in [0.3, 0.4) is 0 Å². The molecule has 0 saturated carbocycles. The van der Waals surface area contributed by atoms with Gasteiger partial charge < -0.3 is 10.6 Å². The summed E-state index contributed by atoms with van der Waals surface area (Å²) in [5.41, 5.74) is 3.52. The molecule has 1 heterocycles. The standard InChI is InChI=1S/C16H31N5.HI/c1-11(2)8-9-12(3)19-16(17-6)18-10-15-13(4)20-21(7)14(15)5;/h11-12H,8-10H2,1-7H3,(H2,17,18,19);1H. The Hall–Kier alpha value is -0.790. The Morgan fingerprint density at radius 1 is 1.23 bits per heavy atom. The van der Waals surface area contributed by atoms with Crippen LogP contribution in [0.25, 0.3) is 0 Å². The number of hydrogen-bond acceptors (Lipinski definition) is 2. The van der Waals surface area contributed by atoms with Gasteiger partial charge in [0.15, 0.2) is 5.96 Å². The summed E-state index contributed by atoms with van der Waals surface area (Å²) < 4.78 is 1.92. The zero-order valence-corrected chi connectivity index (χ0v) is 17.4. The molecule has 0 aliphatic rings. The molecule has 0 amide bonds. The van der Waals surface area contributed by atoms with Gasteiger partial charge in [0.2, 0.25) is 0 Å². The molecule has 1 unspecified atom stereocenters. The molecule has 1 atom stereocenters. The Morgan fingerprint density at radius 2 is 1.86 bits per heavy atom. The molecule has 0 spiro atoms. The number of nitrogens with one attached hydrogen (secondary N) is 2. The molecule has 1 aromatic heterocycles. The molecule has 22 heavy (non-hydrogen) atoms. The lowest BCUT2D eigenvalue weighted by Gasteiger charge is -2.18. The van der Waals surface area contributed by atoms with E-state index in [-0.39, 0.29) is 24.0 Å². The lowest BCUT2D eigenvalue weighted by atomic mass is 10.0. The van der Waals surface area contributed by atoms with Crippen LogP contribution < -0.4 is 10.6 Å². The monoisotopic (exact) mass is 421 g/mol. The summed E-state index contributed by atoms with van der Waals surface area (Å²) in [6, 6.07) is 0.426. The van der Waals surface area contributed by atoms with Gasteiger partial charge in [0.1, 0.15) is 0 Å². The third kappa shape index (κ3) is 6.54. The van der Waals surface area contributed by atoms with Gasteiger partial charge in [0.25, 0.3) is 0 Å². The first-order valence-electron chi connectivity index (χ1n) is 7.81. The maximum Gasteiger partial charge on any atom is 0.191 e. The van der Waals surface area contributed by atoms with Gasteiger partial charge in [-0.15, -0.1) is 24.0 Å².